The second-order valence-electron chi connectivity index (χ2n) is 3.40. The van der Waals surface area contributed by atoms with Crippen LogP contribution in [0.4, 0.5) is 4.39 Å². The standard InChI is InChI=1S/C10H15FN2O2/c1-13(2)5-6-15-10-9(11)8(7-14)3-4-12-10/h3-4,14H,5-7H2,1-2H3. The van der Waals surface area contributed by atoms with Crippen LogP contribution in [0.5, 0.6) is 5.88 Å². The summed E-state index contributed by atoms with van der Waals surface area (Å²) in [6, 6.07) is 1.42. The number of nitrogens with zero attached hydrogens (tertiary/aromatic N) is 2. The molecule has 1 N–H and O–H groups in total. The molecule has 0 saturated heterocycles. The van der Waals surface area contributed by atoms with Gasteiger partial charge in [-0.2, -0.15) is 0 Å². The van der Waals surface area contributed by atoms with Crippen LogP contribution in [-0.2, 0) is 6.61 Å². The number of aromatic nitrogens is 1. The van der Waals surface area contributed by atoms with Gasteiger partial charge in [-0.15, -0.1) is 0 Å². The minimum atomic E-state index is -0.584. The summed E-state index contributed by atoms with van der Waals surface area (Å²) >= 11 is 0. The Bertz CT molecular complexity index is 318. The topological polar surface area (TPSA) is 45.6 Å². The van der Waals surface area contributed by atoms with E-state index in [1.54, 1.807) is 0 Å². The molecular weight excluding hydrogens is 199 g/mol. The predicted octanol–water partition coefficient (Wildman–Crippen LogP) is 0.653. The van der Waals surface area contributed by atoms with Crippen molar-refractivity contribution in [2.24, 2.45) is 0 Å². The van der Waals surface area contributed by atoms with Crippen molar-refractivity contribution < 1.29 is 14.2 Å². The summed E-state index contributed by atoms with van der Waals surface area (Å²) in [6.07, 6.45) is 1.42. The van der Waals surface area contributed by atoms with Gasteiger partial charge >= 0.3 is 0 Å². The Balaban J connectivity index is 2.61. The third kappa shape index (κ3) is 3.45. The number of halogens is 1. The van der Waals surface area contributed by atoms with Gasteiger partial charge in [-0.25, -0.2) is 9.37 Å². The van der Waals surface area contributed by atoms with Gasteiger partial charge in [0.05, 0.1) is 6.61 Å². The van der Waals surface area contributed by atoms with Crippen molar-refractivity contribution in [2.45, 2.75) is 6.61 Å². The molecule has 0 aromatic carbocycles. The molecule has 15 heavy (non-hydrogen) atoms. The highest BCUT2D eigenvalue weighted by Gasteiger charge is 2.09. The van der Waals surface area contributed by atoms with Crippen molar-refractivity contribution >= 4 is 0 Å². The Morgan fingerprint density at radius 1 is 1.53 bits per heavy atom. The fourth-order valence-corrected chi connectivity index (χ4v) is 1.01. The molecule has 84 valence electrons. The molecule has 0 fully saturated rings. The van der Waals surface area contributed by atoms with Gasteiger partial charge in [-0.3, -0.25) is 0 Å². The number of rotatable bonds is 5. The molecule has 0 aliphatic rings. The third-order valence-electron chi connectivity index (χ3n) is 1.88. The molecule has 0 bridgehead atoms. The highest BCUT2D eigenvalue weighted by molar-refractivity contribution is 5.22. The molecule has 0 saturated carbocycles. The highest BCUT2D eigenvalue weighted by atomic mass is 19.1. The van der Waals surface area contributed by atoms with Gasteiger partial charge in [0, 0.05) is 18.3 Å². The number of aliphatic hydroxyl groups is 1. The molecule has 0 aliphatic carbocycles. The fraction of sp³-hybridized carbons (Fsp3) is 0.500. The van der Waals surface area contributed by atoms with Crippen molar-refractivity contribution in [3.8, 4) is 5.88 Å². The van der Waals surface area contributed by atoms with Gasteiger partial charge in [0.15, 0.2) is 5.82 Å². The average molecular weight is 214 g/mol. The van der Waals surface area contributed by atoms with Gasteiger partial charge in [0.2, 0.25) is 0 Å². The zero-order valence-corrected chi connectivity index (χ0v) is 8.90. The van der Waals surface area contributed by atoms with Crippen LogP contribution >= 0.6 is 0 Å². The van der Waals surface area contributed by atoms with Gasteiger partial charge in [-0.05, 0) is 20.2 Å². The van der Waals surface area contributed by atoms with Crippen LogP contribution in [0.15, 0.2) is 12.3 Å². The van der Waals surface area contributed by atoms with Crippen molar-refractivity contribution in [2.75, 3.05) is 27.2 Å². The van der Waals surface area contributed by atoms with Gasteiger partial charge in [-0.1, -0.05) is 0 Å². The number of likely N-dealkylation sites (N-methyl/N-ethyl adjacent to an activating group) is 1. The summed E-state index contributed by atoms with van der Waals surface area (Å²) in [4.78, 5) is 5.68. The molecule has 1 heterocycles. The Labute approximate surface area is 88.3 Å². The minimum absolute atomic E-state index is 0.0524. The van der Waals surface area contributed by atoms with Gasteiger partial charge in [0.1, 0.15) is 6.61 Å². The van der Waals surface area contributed by atoms with Crippen molar-refractivity contribution in [1.82, 2.24) is 9.88 Å². The Morgan fingerprint density at radius 3 is 2.87 bits per heavy atom. The molecule has 0 spiro atoms. The van der Waals surface area contributed by atoms with E-state index in [9.17, 15) is 4.39 Å². The van der Waals surface area contributed by atoms with E-state index in [0.717, 1.165) is 0 Å². The molecule has 0 aliphatic heterocycles. The van der Waals surface area contributed by atoms with Crippen molar-refractivity contribution in [3.05, 3.63) is 23.6 Å². The smallest absolute Gasteiger partial charge is 0.250 e. The quantitative estimate of drug-likeness (QED) is 0.781. The summed E-state index contributed by atoms with van der Waals surface area (Å²) in [7, 11) is 3.80. The third-order valence-corrected chi connectivity index (χ3v) is 1.88. The molecule has 4 nitrogen and oxygen atoms in total. The molecule has 1 aromatic heterocycles. The summed E-state index contributed by atoms with van der Waals surface area (Å²) in [6.45, 7) is 0.703. The van der Waals surface area contributed by atoms with Crippen LogP contribution in [0.2, 0.25) is 0 Å². The monoisotopic (exact) mass is 214 g/mol. The first-order chi connectivity index (χ1) is 7.15. The van der Waals surface area contributed by atoms with Crippen LogP contribution in [-0.4, -0.2) is 42.2 Å². The summed E-state index contributed by atoms with van der Waals surface area (Å²) in [5.74, 6) is -0.637. The van der Waals surface area contributed by atoms with Crippen LogP contribution in [0.25, 0.3) is 0 Å². The first-order valence-corrected chi connectivity index (χ1v) is 4.67. The van der Waals surface area contributed by atoms with E-state index in [0.29, 0.717) is 13.2 Å². The number of hydrogen-bond donors (Lipinski definition) is 1. The maximum atomic E-state index is 13.4. The predicted molar refractivity (Wildman–Crippen MR) is 54.2 cm³/mol. The number of hydrogen-bond acceptors (Lipinski definition) is 4. The largest absolute Gasteiger partial charge is 0.474 e. The van der Waals surface area contributed by atoms with E-state index in [1.165, 1.54) is 12.3 Å². The lowest BCUT2D eigenvalue weighted by atomic mass is 10.3. The fourth-order valence-electron chi connectivity index (χ4n) is 1.01. The minimum Gasteiger partial charge on any atom is -0.474 e. The summed E-state index contributed by atoms with van der Waals surface area (Å²) in [5, 5.41) is 8.82. The van der Waals surface area contributed by atoms with Crippen LogP contribution in [0, 0.1) is 5.82 Å². The van der Waals surface area contributed by atoms with E-state index >= 15 is 0 Å². The molecule has 5 heteroatoms. The second kappa shape index (κ2) is 5.63. The highest BCUT2D eigenvalue weighted by Crippen LogP contribution is 2.16. The molecule has 1 aromatic rings. The van der Waals surface area contributed by atoms with E-state index in [2.05, 4.69) is 4.98 Å². The van der Waals surface area contributed by atoms with Crippen LogP contribution < -0.4 is 4.74 Å². The first-order valence-electron chi connectivity index (χ1n) is 4.67. The summed E-state index contributed by atoms with van der Waals surface area (Å²) < 4.78 is 18.6. The molecular formula is C10H15FN2O2. The van der Waals surface area contributed by atoms with E-state index in [-0.39, 0.29) is 18.1 Å². The van der Waals surface area contributed by atoms with Crippen LogP contribution in [0.3, 0.4) is 0 Å². The molecule has 0 radical (unpaired) electrons. The SMILES string of the molecule is CN(C)CCOc1nccc(CO)c1F. The van der Waals surface area contributed by atoms with Gasteiger partial charge < -0.3 is 14.7 Å². The number of ether oxygens (including phenoxy) is 1. The maximum absolute atomic E-state index is 13.4. The van der Waals surface area contributed by atoms with Gasteiger partial charge in [0.25, 0.3) is 5.88 Å². The number of aliphatic hydroxyl groups excluding tert-OH is 1. The lowest BCUT2D eigenvalue weighted by Crippen LogP contribution is -2.20. The Kier molecular flexibility index (Phi) is 4.45. The van der Waals surface area contributed by atoms with E-state index < -0.39 is 5.82 Å². The van der Waals surface area contributed by atoms with E-state index in [4.69, 9.17) is 9.84 Å². The molecule has 0 atom stereocenters. The maximum Gasteiger partial charge on any atom is 0.250 e. The lowest BCUT2D eigenvalue weighted by Gasteiger charge is -2.11. The van der Waals surface area contributed by atoms with Crippen molar-refractivity contribution in [3.63, 3.8) is 0 Å². The van der Waals surface area contributed by atoms with E-state index in [1.807, 2.05) is 19.0 Å². The lowest BCUT2D eigenvalue weighted by molar-refractivity contribution is 0.237. The normalized spacial score (nSPS) is 10.7. The number of pyridine rings is 1. The zero-order valence-electron chi connectivity index (χ0n) is 8.90. The Morgan fingerprint density at radius 2 is 2.27 bits per heavy atom. The Hall–Kier alpha value is -1.20. The zero-order chi connectivity index (χ0) is 11.3. The van der Waals surface area contributed by atoms with Crippen molar-refractivity contribution in [1.29, 1.82) is 0 Å². The molecule has 0 amide bonds. The molecule has 1 rings (SSSR count). The summed E-state index contributed by atoms with van der Waals surface area (Å²) in [5.41, 5.74) is 0.199. The van der Waals surface area contributed by atoms with Crippen LogP contribution in [0.1, 0.15) is 5.56 Å². The first kappa shape index (κ1) is 11.9. The average Bonchev–Trinajstić information content (AvgIpc) is 2.20. The second-order valence-corrected chi connectivity index (χ2v) is 3.40. The molecule has 0 unspecified atom stereocenters.